The predicted molar refractivity (Wildman–Crippen MR) is 96.9 cm³/mol. The first kappa shape index (κ1) is 17.7. The van der Waals surface area contributed by atoms with Crippen molar-refractivity contribution < 1.29 is 19.5 Å². The van der Waals surface area contributed by atoms with Gasteiger partial charge in [0.1, 0.15) is 6.10 Å². The molecule has 5 heteroatoms. The van der Waals surface area contributed by atoms with Crippen LogP contribution in [0.1, 0.15) is 65.7 Å². The maximum atomic E-state index is 12.0. The van der Waals surface area contributed by atoms with Crippen LogP contribution in [0.25, 0.3) is 0 Å². The molecule has 0 heterocycles. The molecule has 6 unspecified atom stereocenters. The molecule has 6 atom stereocenters. The molecule has 0 aromatic rings. The summed E-state index contributed by atoms with van der Waals surface area (Å²) in [6, 6.07) is 0. The maximum Gasteiger partial charge on any atom is 0.302 e. The van der Waals surface area contributed by atoms with Gasteiger partial charge in [0, 0.05) is 24.7 Å². The van der Waals surface area contributed by atoms with E-state index < -0.39 is 0 Å². The number of carbonyl (C=O) groups excluding carboxylic acids is 2. The number of esters is 1. The average Bonchev–Trinajstić information content (AvgIpc) is 2.90. The molecule has 4 aliphatic carbocycles. The molecule has 0 radical (unpaired) electrons. The normalized spacial score (nSPS) is 46.2. The number of nitrogens with zero attached hydrogens (tertiary/aromatic N) is 1. The molecule has 0 amide bonds. The van der Waals surface area contributed by atoms with Gasteiger partial charge in [-0.2, -0.15) is 0 Å². The van der Waals surface area contributed by atoms with Gasteiger partial charge in [-0.05, 0) is 61.9 Å². The van der Waals surface area contributed by atoms with Crippen LogP contribution in [0.4, 0.5) is 0 Å². The Hall–Kier alpha value is -1.65. The smallest absolute Gasteiger partial charge is 0.302 e. The Labute approximate surface area is 154 Å². The van der Waals surface area contributed by atoms with E-state index >= 15 is 0 Å². The first-order chi connectivity index (χ1) is 12.3. The van der Waals surface area contributed by atoms with Crippen LogP contribution in [0, 0.1) is 28.6 Å². The topological polar surface area (TPSA) is 76.0 Å². The molecule has 0 saturated heterocycles. The second kappa shape index (κ2) is 5.93. The molecule has 0 aliphatic heterocycles. The first-order valence-electron chi connectivity index (χ1n) is 9.92. The molecule has 5 nitrogen and oxygen atoms in total. The second-order valence-electron chi connectivity index (χ2n) is 9.24. The van der Waals surface area contributed by atoms with E-state index in [1.54, 1.807) is 0 Å². The standard InChI is InChI=1S/C21H29NO4/c1-12(23)26-17-11-21(3)16(6-7-18(21)22-25)15-5-4-13-10-14(24)8-9-20(13,2)19(15)17/h10,15-17,19,25H,4-9,11H2,1-3H3/b22-18+. The van der Waals surface area contributed by atoms with Crippen LogP contribution >= 0.6 is 0 Å². The summed E-state index contributed by atoms with van der Waals surface area (Å²) in [5.41, 5.74) is 1.85. The van der Waals surface area contributed by atoms with E-state index in [1.807, 2.05) is 6.08 Å². The zero-order valence-corrected chi connectivity index (χ0v) is 16.0. The fourth-order valence-electron chi connectivity index (χ4n) is 6.93. The average molecular weight is 359 g/mol. The monoisotopic (exact) mass is 359 g/mol. The van der Waals surface area contributed by atoms with Crippen molar-refractivity contribution in [3.8, 4) is 0 Å². The lowest BCUT2D eigenvalue weighted by Gasteiger charge is -2.59. The summed E-state index contributed by atoms with van der Waals surface area (Å²) >= 11 is 0. The predicted octanol–water partition coefficient (Wildman–Crippen LogP) is 3.89. The number of hydrogen-bond acceptors (Lipinski definition) is 5. The van der Waals surface area contributed by atoms with Crippen LogP contribution < -0.4 is 0 Å². The molecule has 4 rings (SSSR count). The number of ether oxygens (including phenoxy) is 1. The van der Waals surface area contributed by atoms with Gasteiger partial charge < -0.3 is 9.94 Å². The highest BCUT2D eigenvalue weighted by Gasteiger charge is 2.62. The highest BCUT2D eigenvalue weighted by Crippen LogP contribution is 2.65. The molecular formula is C21H29NO4. The fourth-order valence-corrected chi connectivity index (χ4v) is 6.93. The van der Waals surface area contributed by atoms with Gasteiger partial charge in [0.15, 0.2) is 5.78 Å². The molecule has 142 valence electrons. The van der Waals surface area contributed by atoms with Crippen molar-refractivity contribution in [1.29, 1.82) is 0 Å². The van der Waals surface area contributed by atoms with Crippen molar-refractivity contribution in [2.75, 3.05) is 0 Å². The number of fused-ring (bicyclic) bond motifs is 5. The third-order valence-corrected chi connectivity index (χ3v) is 8.05. The van der Waals surface area contributed by atoms with E-state index in [2.05, 4.69) is 19.0 Å². The highest BCUT2D eigenvalue weighted by atomic mass is 16.5. The number of rotatable bonds is 1. The van der Waals surface area contributed by atoms with Crippen LogP contribution in [-0.4, -0.2) is 28.8 Å². The van der Waals surface area contributed by atoms with E-state index in [1.165, 1.54) is 12.5 Å². The number of ketones is 1. The van der Waals surface area contributed by atoms with Crippen molar-refractivity contribution >= 4 is 17.5 Å². The van der Waals surface area contributed by atoms with Crippen LogP contribution in [-0.2, 0) is 14.3 Å². The highest BCUT2D eigenvalue weighted by molar-refractivity contribution is 5.92. The van der Waals surface area contributed by atoms with Gasteiger partial charge in [-0.25, -0.2) is 0 Å². The first-order valence-corrected chi connectivity index (χ1v) is 9.92. The van der Waals surface area contributed by atoms with Crippen molar-refractivity contribution in [2.24, 2.45) is 33.7 Å². The van der Waals surface area contributed by atoms with E-state index in [4.69, 9.17) is 4.74 Å². The zero-order chi connectivity index (χ0) is 18.7. The molecule has 0 aromatic heterocycles. The summed E-state index contributed by atoms with van der Waals surface area (Å²) in [7, 11) is 0. The number of hydrogen-bond donors (Lipinski definition) is 1. The summed E-state index contributed by atoms with van der Waals surface area (Å²) in [6.07, 6.45) is 7.67. The third-order valence-electron chi connectivity index (χ3n) is 8.05. The SMILES string of the molecule is CC(=O)OC1CC2(C)/C(=N/O)CCC2C2CCC3=CC(=O)CCC3(C)C12. The molecule has 3 fully saturated rings. The van der Waals surface area contributed by atoms with Crippen molar-refractivity contribution in [3.63, 3.8) is 0 Å². The van der Waals surface area contributed by atoms with Crippen LogP contribution in [0.5, 0.6) is 0 Å². The largest absolute Gasteiger partial charge is 0.462 e. The molecular weight excluding hydrogens is 330 g/mol. The molecule has 1 N–H and O–H groups in total. The van der Waals surface area contributed by atoms with Crippen molar-refractivity contribution in [3.05, 3.63) is 11.6 Å². The minimum absolute atomic E-state index is 0.0720. The molecule has 0 spiro atoms. The van der Waals surface area contributed by atoms with E-state index in [0.29, 0.717) is 24.7 Å². The quantitative estimate of drug-likeness (QED) is 0.438. The second-order valence-corrected chi connectivity index (χ2v) is 9.24. The molecule has 3 saturated carbocycles. The van der Waals surface area contributed by atoms with Gasteiger partial charge in [0.2, 0.25) is 0 Å². The molecule has 0 bridgehead atoms. The lowest BCUT2D eigenvalue weighted by atomic mass is 9.46. The Kier molecular flexibility index (Phi) is 4.05. The van der Waals surface area contributed by atoms with E-state index in [-0.39, 0.29) is 34.6 Å². The third kappa shape index (κ3) is 2.39. The summed E-state index contributed by atoms with van der Waals surface area (Å²) in [4.78, 5) is 23.9. The summed E-state index contributed by atoms with van der Waals surface area (Å²) in [5.74, 6) is 1.13. The van der Waals surface area contributed by atoms with Crippen molar-refractivity contribution in [1.82, 2.24) is 0 Å². The van der Waals surface area contributed by atoms with Crippen molar-refractivity contribution in [2.45, 2.75) is 71.8 Å². The molecule has 0 aromatic carbocycles. The molecule has 4 aliphatic rings. The van der Waals surface area contributed by atoms with Crippen LogP contribution in [0.3, 0.4) is 0 Å². The summed E-state index contributed by atoms with van der Waals surface area (Å²) in [5, 5.41) is 13.2. The minimum Gasteiger partial charge on any atom is -0.462 e. The lowest BCUT2D eigenvalue weighted by Crippen LogP contribution is -2.57. The Balaban J connectivity index is 1.78. The molecule has 26 heavy (non-hydrogen) atoms. The van der Waals surface area contributed by atoms with Gasteiger partial charge in [-0.1, -0.05) is 24.6 Å². The van der Waals surface area contributed by atoms with Gasteiger partial charge in [-0.15, -0.1) is 0 Å². The maximum absolute atomic E-state index is 12.0. The van der Waals surface area contributed by atoms with Gasteiger partial charge in [0.25, 0.3) is 0 Å². The Morgan fingerprint density at radius 2 is 2.00 bits per heavy atom. The van der Waals surface area contributed by atoms with E-state index in [9.17, 15) is 14.8 Å². The Bertz CT molecular complexity index is 711. The lowest BCUT2D eigenvalue weighted by molar-refractivity contribution is -0.168. The number of oxime groups is 1. The minimum atomic E-state index is -0.247. The zero-order valence-electron chi connectivity index (χ0n) is 16.0. The van der Waals surface area contributed by atoms with Crippen LogP contribution in [0.15, 0.2) is 16.8 Å². The number of carbonyl (C=O) groups is 2. The summed E-state index contributed by atoms with van der Waals surface area (Å²) in [6.45, 7) is 5.94. The fraction of sp³-hybridized carbons (Fsp3) is 0.762. The Morgan fingerprint density at radius 1 is 1.23 bits per heavy atom. The van der Waals surface area contributed by atoms with E-state index in [0.717, 1.165) is 37.8 Å². The van der Waals surface area contributed by atoms with Crippen LogP contribution in [0.2, 0.25) is 0 Å². The Morgan fingerprint density at radius 3 is 2.69 bits per heavy atom. The van der Waals surface area contributed by atoms with Gasteiger partial charge in [0.05, 0.1) is 5.71 Å². The number of allylic oxidation sites excluding steroid dienone is 1. The van der Waals surface area contributed by atoms with Gasteiger partial charge in [-0.3, -0.25) is 9.59 Å². The van der Waals surface area contributed by atoms with Gasteiger partial charge >= 0.3 is 5.97 Å². The summed E-state index contributed by atoms with van der Waals surface area (Å²) < 4.78 is 5.88.